The van der Waals surface area contributed by atoms with Gasteiger partial charge < -0.3 is 29.4 Å². The van der Waals surface area contributed by atoms with E-state index in [1.54, 1.807) is 6.20 Å². The zero-order valence-corrected chi connectivity index (χ0v) is 22.0. The summed E-state index contributed by atoms with van der Waals surface area (Å²) in [5.74, 6) is -0.538. The second-order valence-electron chi connectivity index (χ2n) is 10.0. The van der Waals surface area contributed by atoms with Crippen LogP contribution in [0.15, 0.2) is 36.5 Å². The van der Waals surface area contributed by atoms with Crippen LogP contribution in [0.5, 0.6) is 0 Å². The number of carbonyl (C=O) groups is 3. The highest BCUT2D eigenvalue weighted by Gasteiger charge is 2.30. The molecule has 1 fully saturated rings. The van der Waals surface area contributed by atoms with Gasteiger partial charge in [0.2, 0.25) is 11.8 Å². The van der Waals surface area contributed by atoms with Crippen LogP contribution in [0.25, 0.3) is 21.9 Å². The molecule has 38 heavy (non-hydrogen) atoms. The number of anilines is 1. The van der Waals surface area contributed by atoms with Gasteiger partial charge in [-0.25, -0.2) is 9.78 Å². The molecule has 1 aliphatic rings. The Morgan fingerprint density at radius 3 is 2.58 bits per heavy atom. The van der Waals surface area contributed by atoms with Gasteiger partial charge in [0, 0.05) is 42.2 Å². The minimum Gasteiger partial charge on any atom is -0.444 e. The first-order valence-corrected chi connectivity index (χ1v) is 12.8. The number of hydrogen-bond donors (Lipinski definition) is 3. The number of benzene rings is 1. The van der Waals surface area contributed by atoms with Crippen molar-refractivity contribution in [1.82, 2.24) is 20.2 Å². The quantitative estimate of drug-likeness (QED) is 0.257. The van der Waals surface area contributed by atoms with Crippen molar-refractivity contribution in [2.45, 2.75) is 45.3 Å². The van der Waals surface area contributed by atoms with Gasteiger partial charge in [0.25, 0.3) is 0 Å². The predicted molar refractivity (Wildman–Crippen MR) is 143 cm³/mol. The Kier molecular flexibility index (Phi) is 8.80. The summed E-state index contributed by atoms with van der Waals surface area (Å²) in [7, 11) is 0. The number of pyridine rings is 1. The number of amides is 3. The van der Waals surface area contributed by atoms with Gasteiger partial charge in [-0.3, -0.25) is 14.9 Å². The molecule has 3 heterocycles. The van der Waals surface area contributed by atoms with E-state index in [9.17, 15) is 14.4 Å². The molecule has 1 aromatic carbocycles. The maximum atomic E-state index is 12.6. The molecule has 0 spiro atoms. The summed E-state index contributed by atoms with van der Waals surface area (Å²) in [6.45, 7) is 8.16. The SMILES string of the molecule is CC(C)(C)OC(=O)NCCOCCOCCNc1ccc2c(c1)c1cccnc1n2C1CCC(=O)NC1=O. The molecular weight excluding hydrogens is 490 g/mol. The van der Waals surface area contributed by atoms with Crippen LogP contribution >= 0.6 is 0 Å². The molecule has 3 aromatic rings. The fourth-order valence-corrected chi connectivity index (χ4v) is 4.36. The van der Waals surface area contributed by atoms with Crippen molar-refractivity contribution in [3.8, 4) is 0 Å². The van der Waals surface area contributed by atoms with Crippen molar-refractivity contribution in [3.63, 3.8) is 0 Å². The number of ether oxygens (including phenoxy) is 3. The van der Waals surface area contributed by atoms with Crippen molar-refractivity contribution in [3.05, 3.63) is 36.5 Å². The van der Waals surface area contributed by atoms with Crippen LogP contribution in [0.3, 0.4) is 0 Å². The van der Waals surface area contributed by atoms with Crippen molar-refractivity contribution >= 4 is 45.5 Å². The molecule has 0 radical (unpaired) electrons. The normalized spacial score (nSPS) is 16.0. The van der Waals surface area contributed by atoms with E-state index in [0.29, 0.717) is 52.4 Å². The Morgan fingerprint density at radius 1 is 1.08 bits per heavy atom. The molecule has 2 aromatic heterocycles. The largest absolute Gasteiger partial charge is 0.444 e. The molecule has 0 saturated carbocycles. The van der Waals surface area contributed by atoms with E-state index in [2.05, 4.69) is 20.9 Å². The number of carbonyl (C=O) groups excluding carboxylic acids is 3. The highest BCUT2D eigenvalue weighted by atomic mass is 16.6. The molecule has 11 heteroatoms. The summed E-state index contributed by atoms with van der Waals surface area (Å²) in [4.78, 5) is 40.3. The molecule has 204 valence electrons. The standard InChI is InChI=1S/C27H35N5O6/c1-27(2,3)38-26(35)30-12-14-37-16-15-36-13-11-28-18-6-7-21-20(17-18)19-5-4-10-29-24(19)32(21)22-8-9-23(33)31-25(22)34/h4-7,10,17,22,28H,8-9,11-16H2,1-3H3,(H,30,35)(H,31,33,34). The summed E-state index contributed by atoms with van der Waals surface area (Å²) < 4.78 is 18.2. The number of nitrogens with one attached hydrogen (secondary N) is 3. The lowest BCUT2D eigenvalue weighted by Gasteiger charge is -2.23. The third-order valence-corrected chi connectivity index (χ3v) is 5.95. The summed E-state index contributed by atoms with van der Waals surface area (Å²) in [5, 5.41) is 10.4. The summed E-state index contributed by atoms with van der Waals surface area (Å²) >= 11 is 0. The van der Waals surface area contributed by atoms with Crippen LogP contribution in [0.2, 0.25) is 0 Å². The number of nitrogens with zero attached hydrogens (tertiary/aromatic N) is 2. The third-order valence-electron chi connectivity index (χ3n) is 5.95. The number of alkyl carbamates (subject to hydrolysis) is 1. The van der Waals surface area contributed by atoms with Gasteiger partial charge in [-0.1, -0.05) is 0 Å². The Hall–Kier alpha value is -3.70. The Balaban J connectivity index is 1.24. The fraction of sp³-hybridized carbons (Fsp3) is 0.481. The number of rotatable bonds is 11. The van der Waals surface area contributed by atoms with Gasteiger partial charge in [-0.2, -0.15) is 0 Å². The van der Waals surface area contributed by atoms with Gasteiger partial charge in [0.15, 0.2) is 0 Å². The molecule has 3 amide bonds. The molecule has 1 atom stereocenters. The predicted octanol–water partition coefficient (Wildman–Crippen LogP) is 3.14. The van der Waals surface area contributed by atoms with Crippen molar-refractivity contribution in [2.75, 3.05) is 44.8 Å². The highest BCUT2D eigenvalue weighted by Crippen LogP contribution is 2.34. The second kappa shape index (κ2) is 12.2. The van der Waals surface area contributed by atoms with Gasteiger partial charge >= 0.3 is 6.09 Å². The van der Waals surface area contributed by atoms with Crippen molar-refractivity contribution in [2.24, 2.45) is 0 Å². The summed E-state index contributed by atoms with van der Waals surface area (Å²) in [6, 6.07) is 9.36. The average Bonchev–Trinajstić information content (AvgIpc) is 3.18. The number of hydrogen-bond acceptors (Lipinski definition) is 8. The minimum absolute atomic E-state index is 0.240. The van der Waals surface area contributed by atoms with E-state index < -0.39 is 17.7 Å². The van der Waals surface area contributed by atoms with E-state index >= 15 is 0 Å². The highest BCUT2D eigenvalue weighted by molar-refractivity contribution is 6.09. The van der Waals surface area contributed by atoms with Crippen LogP contribution < -0.4 is 16.0 Å². The molecule has 4 rings (SSSR count). The molecule has 0 aliphatic carbocycles. The molecule has 1 saturated heterocycles. The van der Waals surface area contributed by atoms with E-state index in [0.717, 1.165) is 27.6 Å². The third kappa shape index (κ3) is 6.99. The van der Waals surface area contributed by atoms with Crippen LogP contribution in [0.4, 0.5) is 10.5 Å². The second-order valence-corrected chi connectivity index (χ2v) is 10.0. The lowest BCUT2D eigenvalue weighted by Crippen LogP contribution is -2.41. The number of imide groups is 1. The Bertz CT molecular complexity index is 1300. The van der Waals surface area contributed by atoms with Gasteiger partial charge in [0.05, 0.1) is 31.9 Å². The van der Waals surface area contributed by atoms with Crippen LogP contribution in [0, 0.1) is 0 Å². The van der Waals surface area contributed by atoms with Crippen LogP contribution in [-0.4, -0.2) is 72.6 Å². The maximum absolute atomic E-state index is 12.6. The zero-order valence-electron chi connectivity index (χ0n) is 22.0. The van der Waals surface area contributed by atoms with Gasteiger partial charge in [0.1, 0.15) is 17.3 Å². The zero-order chi connectivity index (χ0) is 27.1. The van der Waals surface area contributed by atoms with Crippen molar-refractivity contribution in [1.29, 1.82) is 0 Å². The molecular formula is C27H35N5O6. The van der Waals surface area contributed by atoms with Crippen molar-refractivity contribution < 1.29 is 28.6 Å². The minimum atomic E-state index is -0.523. The topological polar surface area (TPSA) is 133 Å². The lowest BCUT2D eigenvalue weighted by atomic mass is 10.1. The first kappa shape index (κ1) is 27.3. The van der Waals surface area contributed by atoms with Gasteiger partial charge in [-0.15, -0.1) is 0 Å². The van der Waals surface area contributed by atoms with Crippen LogP contribution in [0.1, 0.15) is 39.7 Å². The number of fused-ring (bicyclic) bond motifs is 3. The Labute approximate surface area is 221 Å². The first-order valence-electron chi connectivity index (χ1n) is 12.8. The summed E-state index contributed by atoms with van der Waals surface area (Å²) in [6.07, 6.45) is 2.00. The van der Waals surface area contributed by atoms with E-state index in [4.69, 9.17) is 14.2 Å². The first-order chi connectivity index (χ1) is 18.2. The molecule has 0 bridgehead atoms. The van der Waals surface area contributed by atoms with E-state index in [1.165, 1.54) is 0 Å². The van der Waals surface area contributed by atoms with Crippen LogP contribution in [-0.2, 0) is 23.8 Å². The lowest BCUT2D eigenvalue weighted by molar-refractivity contribution is -0.135. The molecule has 1 unspecified atom stereocenters. The molecule has 1 aliphatic heterocycles. The van der Waals surface area contributed by atoms with Gasteiger partial charge in [-0.05, 0) is 57.5 Å². The number of aromatic nitrogens is 2. The average molecular weight is 526 g/mol. The van der Waals surface area contributed by atoms with E-state index in [1.807, 2.05) is 55.7 Å². The monoisotopic (exact) mass is 525 g/mol. The summed E-state index contributed by atoms with van der Waals surface area (Å²) in [5.41, 5.74) is 2.02. The fourth-order valence-electron chi connectivity index (χ4n) is 4.36. The smallest absolute Gasteiger partial charge is 0.407 e. The number of piperidine rings is 1. The maximum Gasteiger partial charge on any atom is 0.407 e. The molecule has 3 N–H and O–H groups in total. The Morgan fingerprint density at radius 2 is 1.84 bits per heavy atom. The van der Waals surface area contributed by atoms with E-state index in [-0.39, 0.29) is 11.8 Å². The molecule has 11 nitrogen and oxygen atoms in total.